The summed E-state index contributed by atoms with van der Waals surface area (Å²) in [5.74, 6) is 0. The van der Waals surface area contributed by atoms with Crippen molar-refractivity contribution >= 4 is 0 Å². The third-order valence-corrected chi connectivity index (χ3v) is 3.35. The Kier molecular flexibility index (Phi) is 3.43. The summed E-state index contributed by atoms with van der Waals surface area (Å²) in [5.41, 5.74) is 2.04. The summed E-state index contributed by atoms with van der Waals surface area (Å²) >= 11 is 0. The van der Waals surface area contributed by atoms with Crippen LogP contribution in [0.15, 0.2) is 24.3 Å². The Balaban J connectivity index is 2.15. The average molecular weight is 243 g/mol. The van der Waals surface area contributed by atoms with Gasteiger partial charge in [-0.3, -0.25) is 5.32 Å². The van der Waals surface area contributed by atoms with Gasteiger partial charge in [-0.15, -0.1) is 0 Å². The minimum absolute atomic E-state index is 0.170. The zero-order valence-electron chi connectivity index (χ0n) is 9.72. The summed E-state index contributed by atoms with van der Waals surface area (Å²) in [5, 5.41) is 2.73. The molecule has 1 nitrogen and oxygen atoms in total. The van der Waals surface area contributed by atoms with Gasteiger partial charge < -0.3 is 0 Å². The lowest BCUT2D eigenvalue weighted by Gasteiger charge is -2.33. The van der Waals surface area contributed by atoms with Crippen molar-refractivity contribution in [1.82, 2.24) is 5.32 Å². The second kappa shape index (κ2) is 4.69. The lowest BCUT2D eigenvalue weighted by atomic mass is 9.91. The molecular formula is C13H16F3N. The van der Waals surface area contributed by atoms with Gasteiger partial charge in [-0.05, 0) is 37.3 Å². The number of halogens is 3. The fraction of sp³-hybridized carbons (Fsp3) is 0.538. The summed E-state index contributed by atoms with van der Waals surface area (Å²) < 4.78 is 38.0. The zero-order chi connectivity index (χ0) is 12.5. The van der Waals surface area contributed by atoms with Gasteiger partial charge in [0.1, 0.15) is 6.04 Å². The van der Waals surface area contributed by atoms with Crippen LogP contribution < -0.4 is 5.32 Å². The lowest BCUT2D eigenvalue weighted by molar-refractivity contribution is -0.163. The Labute approximate surface area is 99.0 Å². The first-order chi connectivity index (χ1) is 7.98. The summed E-state index contributed by atoms with van der Waals surface area (Å²) in [6, 6.07) is 6.10. The van der Waals surface area contributed by atoms with Crippen molar-refractivity contribution in [2.45, 2.75) is 44.4 Å². The number of hydrogen-bond acceptors (Lipinski definition) is 1. The molecule has 1 aliphatic heterocycles. The van der Waals surface area contributed by atoms with Crippen molar-refractivity contribution in [3.05, 3.63) is 35.4 Å². The highest BCUT2D eigenvalue weighted by molar-refractivity contribution is 5.29. The highest BCUT2D eigenvalue weighted by atomic mass is 19.4. The molecule has 2 unspecified atom stereocenters. The van der Waals surface area contributed by atoms with Gasteiger partial charge in [-0.25, -0.2) is 0 Å². The van der Waals surface area contributed by atoms with Crippen molar-refractivity contribution in [2.24, 2.45) is 0 Å². The molecule has 1 saturated heterocycles. The van der Waals surface area contributed by atoms with Crippen molar-refractivity contribution in [1.29, 1.82) is 0 Å². The fourth-order valence-electron chi connectivity index (χ4n) is 2.42. The quantitative estimate of drug-likeness (QED) is 0.792. The normalized spacial score (nSPS) is 25.9. The van der Waals surface area contributed by atoms with Crippen LogP contribution in [-0.2, 0) is 0 Å². The van der Waals surface area contributed by atoms with E-state index < -0.39 is 12.2 Å². The summed E-state index contributed by atoms with van der Waals surface area (Å²) in [7, 11) is 0. The number of hydrogen-bond donors (Lipinski definition) is 1. The largest absolute Gasteiger partial charge is 0.403 e. The monoisotopic (exact) mass is 243 g/mol. The van der Waals surface area contributed by atoms with E-state index in [9.17, 15) is 13.2 Å². The molecule has 17 heavy (non-hydrogen) atoms. The molecule has 0 aromatic heterocycles. The van der Waals surface area contributed by atoms with E-state index in [1.807, 2.05) is 31.2 Å². The topological polar surface area (TPSA) is 12.0 Å². The number of benzene rings is 1. The molecule has 0 saturated carbocycles. The van der Waals surface area contributed by atoms with Crippen LogP contribution in [0, 0.1) is 6.92 Å². The second-order valence-electron chi connectivity index (χ2n) is 4.60. The molecular weight excluding hydrogens is 227 g/mol. The molecule has 1 aliphatic rings. The van der Waals surface area contributed by atoms with Crippen molar-refractivity contribution in [3.8, 4) is 0 Å². The Bertz CT molecular complexity index is 386. The highest BCUT2D eigenvalue weighted by Crippen LogP contribution is 2.33. The average Bonchev–Trinajstić information content (AvgIpc) is 2.29. The first-order valence-corrected chi connectivity index (χ1v) is 5.87. The van der Waals surface area contributed by atoms with E-state index in [0.717, 1.165) is 17.5 Å². The van der Waals surface area contributed by atoms with Crippen LogP contribution in [0.25, 0.3) is 0 Å². The first-order valence-electron chi connectivity index (χ1n) is 5.87. The van der Waals surface area contributed by atoms with Gasteiger partial charge in [0, 0.05) is 6.04 Å². The van der Waals surface area contributed by atoms with Crippen LogP contribution in [-0.4, -0.2) is 12.2 Å². The molecule has 2 rings (SSSR count). The lowest BCUT2D eigenvalue weighted by Crippen LogP contribution is -2.46. The molecule has 0 radical (unpaired) electrons. The van der Waals surface area contributed by atoms with E-state index in [0.29, 0.717) is 6.42 Å². The Morgan fingerprint density at radius 3 is 2.53 bits per heavy atom. The van der Waals surface area contributed by atoms with E-state index in [4.69, 9.17) is 0 Å². The van der Waals surface area contributed by atoms with E-state index in [1.54, 1.807) is 0 Å². The number of piperidine rings is 1. The SMILES string of the molecule is Cc1ccccc1C1CCCC(C(F)(F)F)N1. The van der Waals surface area contributed by atoms with E-state index in [1.165, 1.54) is 0 Å². The minimum atomic E-state index is -4.14. The molecule has 4 heteroatoms. The maximum atomic E-state index is 12.7. The predicted molar refractivity (Wildman–Crippen MR) is 60.7 cm³/mol. The third-order valence-electron chi connectivity index (χ3n) is 3.35. The maximum absolute atomic E-state index is 12.7. The standard InChI is InChI=1S/C13H16F3N/c1-9-5-2-3-6-10(9)11-7-4-8-12(17-11)13(14,15)16/h2-3,5-6,11-12,17H,4,7-8H2,1H3. The minimum Gasteiger partial charge on any atom is -0.299 e. The molecule has 0 bridgehead atoms. The summed E-state index contributed by atoms with van der Waals surface area (Å²) in [4.78, 5) is 0. The smallest absolute Gasteiger partial charge is 0.299 e. The molecule has 1 heterocycles. The Morgan fingerprint density at radius 1 is 1.18 bits per heavy atom. The van der Waals surface area contributed by atoms with Crippen LogP contribution in [0.5, 0.6) is 0 Å². The van der Waals surface area contributed by atoms with Crippen LogP contribution in [0.2, 0.25) is 0 Å². The molecule has 1 fully saturated rings. The van der Waals surface area contributed by atoms with E-state index in [-0.39, 0.29) is 12.5 Å². The van der Waals surface area contributed by atoms with Gasteiger partial charge in [0.2, 0.25) is 0 Å². The first kappa shape index (κ1) is 12.4. The van der Waals surface area contributed by atoms with E-state index >= 15 is 0 Å². The van der Waals surface area contributed by atoms with Crippen LogP contribution in [0.4, 0.5) is 13.2 Å². The molecule has 0 amide bonds. The van der Waals surface area contributed by atoms with Gasteiger partial charge in [-0.2, -0.15) is 13.2 Å². The van der Waals surface area contributed by atoms with Gasteiger partial charge in [0.25, 0.3) is 0 Å². The maximum Gasteiger partial charge on any atom is 0.403 e. The molecule has 1 N–H and O–H groups in total. The zero-order valence-corrected chi connectivity index (χ0v) is 9.72. The fourth-order valence-corrected chi connectivity index (χ4v) is 2.42. The van der Waals surface area contributed by atoms with Gasteiger partial charge in [0.05, 0.1) is 0 Å². The number of nitrogens with one attached hydrogen (secondary N) is 1. The van der Waals surface area contributed by atoms with Gasteiger partial charge >= 0.3 is 6.18 Å². The van der Waals surface area contributed by atoms with Crippen molar-refractivity contribution in [3.63, 3.8) is 0 Å². The second-order valence-corrected chi connectivity index (χ2v) is 4.60. The number of aryl methyl sites for hydroxylation is 1. The molecule has 1 aromatic rings. The van der Waals surface area contributed by atoms with Crippen LogP contribution >= 0.6 is 0 Å². The summed E-state index contributed by atoms with van der Waals surface area (Å²) in [6.07, 6.45) is -2.55. The Hall–Kier alpha value is -1.03. The molecule has 0 spiro atoms. The van der Waals surface area contributed by atoms with Crippen molar-refractivity contribution < 1.29 is 13.2 Å². The van der Waals surface area contributed by atoms with E-state index in [2.05, 4.69) is 5.32 Å². The number of alkyl halides is 3. The molecule has 2 atom stereocenters. The Morgan fingerprint density at radius 2 is 1.88 bits per heavy atom. The van der Waals surface area contributed by atoms with Crippen molar-refractivity contribution in [2.75, 3.05) is 0 Å². The van der Waals surface area contributed by atoms with Crippen LogP contribution in [0.1, 0.15) is 36.4 Å². The summed E-state index contributed by atoms with van der Waals surface area (Å²) in [6.45, 7) is 1.94. The van der Waals surface area contributed by atoms with Gasteiger partial charge in [-0.1, -0.05) is 24.3 Å². The molecule has 1 aromatic carbocycles. The predicted octanol–water partition coefficient (Wildman–Crippen LogP) is 3.74. The molecule has 0 aliphatic carbocycles. The third kappa shape index (κ3) is 2.80. The highest BCUT2D eigenvalue weighted by Gasteiger charge is 2.42. The number of rotatable bonds is 1. The van der Waals surface area contributed by atoms with Gasteiger partial charge in [0.15, 0.2) is 0 Å². The molecule has 94 valence electrons. The van der Waals surface area contributed by atoms with Crippen LogP contribution in [0.3, 0.4) is 0 Å².